The molecule has 29 heavy (non-hydrogen) atoms. The summed E-state index contributed by atoms with van der Waals surface area (Å²) in [7, 11) is 1.29. The number of hydrogen-bond acceptors (Lipinski definition) is 6. The molecule has 1 aromatic heterocycles. The second-order valence-corrected chi connectivity index (χ2v) is 7.72. The topological polar surface area (TPSA) is 104 Å². The van der Waals surface area contributed by atoms with Crippen LogP contribution < -0.4 is 4.80 Å². The van der Waals surface area contributed by atoms with Crippen LogP contribution in [0.5, 0.6) is 0 Å². The molecule has 0 unspecified atom stereocenters. The molecule has 3 rings (SSSR count). The highest BCUT2D eigenvalue weighted by Gasteiger charge is 2.11. The lowest BCUT2D eigenvalue weighted by Gasteiger charge is -2.03. The number of fused-ring (bicyclic) bond motifs is 1. The molecule has 0 atom stereocenters. The van der Waals surface area contributed by atoms with Crippen LogP contribution in [0.1, 0.15) is 5.56 Å². The van der Waals surface area contributed by atoms with Crippen molar-refractivity contribution in [1.29, 1.82) is 0 Å². The fourth-order valence-electron chi connectivity index (χ4n) is 2.49. The van der Waals surface area contributed by atoms with Crippen molar-refractivity contribution < 1.29 is 19.2 Å². The Bertz CT molecular complexity index is 1190. The Kier molecular flexibility index (Phi) is 6.35. The van der Waals surface area contributed by atoms with Crippen LogP contribution in [-0.4, -0.2) is 28.5 Å². The summed E-state index contributed by atoms with van der Waals surface area (Å²) < 4.78 is 8.08. The van der Waals surface area contributed by atoms with Gasteiger partial charge < -0.3 is 9.30 Å². The Labute approximate surface area is 177 Å². The van der Waals surface area contributed by atoms with Gasteiger partial charge in [0.1, 0.15) is 6.54 Å². The molecule has 0 aliphatic carbocycles. The Morgan fingerprint density at radius 1 is 1.28 bits per heavy atom. The van der Waals surface area contributed by atoms with Gasteiger partial charge in [0.05, 0.1) is 22.2 Å². The second kappa shape index (κ2) is 8.93. The van der Waals surface area contributed by atoms with Crippen molar-refractivity contribution in [2.45, 2.75) is 6.54 Å². The summed E-state index contributed by atoms with van der Waals surface area (Å²) in [5.41, 5.74) is 1.36. The number of nitrogens with zero attached hydrogens (tertiary/aromatic N) is 3. The molecule has 3 aromatic rings. The van der Waals surface area contributed by atoms with Gasteiger partial charge in [-0.15, -0.1) is 0 Å². The van der Waals surface area contributed by atoms with Crippen LogP contribution in [0, 0.1) is 10.1 Å². The lowest BCUT2D eigenvalue weighted by Crippen LogP contribution is -2.22. The van der Waals surface area contributed by atoms with E-state index in [1.807, 2.05) is 18.2 Å². The number of nitro groups is 1. The summed E-state index contributed by atoms with van der Waals surface area (Å²) in [6.07, 6.45) is 2.79. The van der Waals surface area contributed by atoms with Gasteiger partial charge in [-0.2, -0.15) is 4.99 Å². The highest BCUT2D eigenvalue weighted by Crippen LogP contribution is 2.22. The van der Waals surface area contributed by atoms with E-state index in [4.69, 9.17) is 4.74 Å². The molecule has 0 saturated carbocycles. The molecule has 0 aliphatic rings. The molecule has 1 amide bonds. The van der Waals surface area contributed by atoms with Gasteiger partial charge >= 0.3 is 5.97 Å². The highest BCUT2D eigenvalue weighted by molar-refractivity contribution is 9.10. The number of ether oxygens (including phenoxy) is 1. The second-order valence-electron chi connectivity index (χ2n) is 5.79. The molecule has 148 valence electrons. The number of thiazole rings is 1. The van der Waals surface area contributed by atoms with Crippen LogP contribution in [0.25, 0.3) is 16.3 Å². The molecule has 0 bridgehead atoms. The maximum Gasteiger partial charge on any atom is 0.325 e. The van der Waals surface area contributed by atoms with Gasteiger partial charge in [0, 0.05) is 22.7 Å². The average molecular weight is 476 g/mol. The summed E-state index contributed by atoms with van der Waals surface area (Å²) in [5, 5.41) is 10.7. The number of carbonyl (C=O) groups is 2. The van der Waals surface area contributed by atoms with Crippen molar-refractivity contribution in [2.24, 2.45) is 4.99 Å². The number of amides is 1. The maximum absolute atomic E-state index is 12.3. The zero-order valence-electron chi connectivity index (χ0n) is 15.1. The number of nitro benzene ring substituents is 1. The fraction of sp³-hybridized carbons (Fsp3) is 0.105. The summed E-state index contributed by atoms with van der Waals surface area (Å²) >= 11 is 4.68. The van der Waals surface area contributed by atoms with Crippen LogP contribution in [0.4, 0.5) is 5.69 Å². The molecule has 1 heterocycles. The van der Waals surface area contributed by atoms with Crippen LogP contribution in [0.3, 0.4) is 0 Å². The van der Waals surface area contributed by atoms with E-state index in [1.54, 1.807) is 4.57 Å². The van der Waals surface area contributed by atoms with E-state index in [9.17, 15) is 19.7 Å². The smallest absolute Gasteiger partial charge is 0.325 e. The number of methoxy groups -OCH3 is 1. The zero-order valence-corrected chi connectivity index (χ0v) is 17.5. The first kappa shape index (κ1) is 20.6. The number of aromatic nitrogens is 1. The standard InChI is InChI=1S/C19H14BrN3O5S/c1-28-18(25)11-22-15-8-5-13(20)10-16(15)29-19(22)21-17(24)9-4-12-2-6-14(7-3-12)23(26)27/h2-10H,11H2,1H3. The number of halogens is 1. The number of non-ortho nitro benzene ring substituents is 1. The molecular weight excluding hydrogens is 462 g/mol. The SMILES string of the molecule is COC(=O)Cn1c(=NC(=O)C=Cc2ccc([N+](=O)[O-])cc2)sc2cc(Br)ccc21. The third-order valence-electron chi connectivity index (χ3n) is 3.89. The predicted molar refractivity (Wildman–Crippen MR) is 112 cm³/mol. The first-order valence-corrected chi connectivity index (χ1v) is 9.85. The first-order chi connectivity index (χ1) is 13.9. The fourth-order valence-corrected chi connectivity index (χ4v) is 4.07. The van der Waals surface area contributed by atoms with Crippen molar-refractivity contribution in [3.8, 4) is 0 Å². The summed E-state index contributed by atoms with van der Waals surface area (Å²) in [6.45, 7) is -0.0731. The lowest BCUT2D eigenvalue weighted by molar-refractivity contribution is -0.384. The molecule has 2 aromatic carbocycles. The molecule has 10 heteroatoms. The van der Waals surface area contributed by atoms with Crippen LogP contribution >= 0.6 is 27.3 Å². The van der Waals surface area contributed by atoms with Gasteiger partial charge in [-0.05, 0) is 42.0 Å². The van der Waals surface area contributed by atoms with Crippen molar-refractivity contribution in [3.63, 3.8) is 0 Å². The monoisotopic (exact) mass is 475 g/mol. The van der Waals surface area contributed by atoms with Gasteiger partial charge in [0.15, 0.2) is 4.80 Å². The minimum atomic E-state index is -0.521. The number of benzene rings is 2. The minimum Gasteiger partial charge on any atom is -0.468 e. The largest absolute Gasteiger partial charge is 0.468 e. The zero-order chi connectivity index (χ0) is 21.0. The molecule has 0 radical (unpaired) electrons. The predicted octanol–water partition coefficient (Wildman–Crippen LogP) is 3.69. The normalized spacial score (nSPS) is 11.9. The number of carbonyl (C=O) groups excluding carboxylic acids is 2. The van der Waals surface area contributed by atoms with Crippen molar-refractivity contribution in [3.05, 3.63) is 73.5 Å². The van der Waals surface area contributed by atoms with E-state index in [0.29, 0.717) is 10.4 Å². The summed E-state index contributed by atoms with van der Waals surface area (Å²) in [6, 6.07) is 11.3. The molecule has 0 spiro atoms. The lowest BCUT2D eigenvalue weighted by atomic mass is 10.2. The van der Waals surface area contributed by atoms with Crippen molar-refractivity contribution in [1.82, 2.24) is 4.57 Å². The van der Waals surface area contributed by atoms with Crippen LogP contribution in [0.2, 0.25) is 0 Å². The minimum absolute atomic E-state index is 0.0292. The van der Waals surface area contributed by atoms with Crippen molar-refractivity contribution >= 4 is 61.1 Å². The quantitative estimate of drug-likeness (QED) is 0.242. The molecule has 0 aliphatic heterocycles. The van der Waals surface area contributed by atoms with Gasteiger partial charge in [0.2, 0.25) is 0 Å². The van der Waals surface area contributed by atoms with Crippen LogP contribution in [-0.2, 0) is 20.9 Å². The van der Waals surface area contributed by atoms with E-state index >= 15 is 0 Å². The highest BCUT2D eigenvalue weighted by atomic mass is 79.9. The number of hydrogen-bond donors (Lipinski definition) is 0. The molecule has 8 nitrogen and oxygen atoms in total. The molecule has 0 N–H and O–H groups in total. The Morgan fingerprint density at radius 3 is 2.66 bits per heavy atom. The number of esters is 1. The van der Waals surface area contributed by atoms with Gasteiger partial charge in [-0.1, -0.05) is 27.3 Å². The molecular formula is C19H14BrN3O5S. The van der Waals surface area contributed by atoms with Gasteiger partial charge in [-0.3, -0.25) is 19.7 Å². The van der Waals surface area contributed by atoms with E-state index < -0.39 is 16.8 Å². The van der Waals surface area contributed by atoms with E-state index in [2.05, 4.69) is 20.9 Å². The molecule has 0 fully saturated rings. The third kappa shape index (κ3) is 5.04. The average Bonchev–Trinajstić information content (AvgIpc) is 3.02. The maximum atomic E-state index is 12.3. The van der Waals surface area contributed by atoms with E-state index in [1.165, 1.54) is 54.9 Å². The third-order valence-corrected chi connectivity index (χ3v) is 5.42. The van der Waals surface area contributed by atoms with Crippen molar-refractivity contribution in [2.75, 3.05) is 7.11 Å². The Morgan fingerprint density at radius 2 is 2.00 bits per heavy atom. The molecule has 0 saturated heterocycles. The first-order valence-electron chi connectivity index (χ1n) is 8.24. The number of rotatable bonds is 5. The van der Waals surface area contributed by atoms with Crippen LogP contribution in [0.15, 0.2) is 58.0 Å². The van der Waals surface area contributed by atoms with Gasteiger partial charge in [0.25, 0.3) is 11.6 Å². The van der Waals surface area contributed by atoms with E-state index in [-0.39, 0.29) is 12.2 Å². The van der Waals surface area contributed by atoms with Gasteiger partial charge in [-0.25, -0.2) is 0 Å². The Balaban J connectivity index is 1.93. The van der Waals surface area contributed by atoms with E-state index in [0.717, 1.165) is 14.7 Å². The summed E-state index contributed by atoms with van der Waals surface area (Å²) in [4.78, 5) is 38.8. The Hall–Kier alpha value is -3.11. The summed E-state index contributed by atoms with van der Waals surface area (Å²) in [5.74, 6) is -0.976.